The van der Waals surface area contributed by atoms with Gasteiger partial charge in [-0.1, -0.05) is 32.4 Å². The second-order valence-corrected chi connectivity index (χ2v) is 10.6. The summed E-state index contributed by atoms with van der Waals surface area (Å²) in [5.74, 6) is 0. The lowest BCUT2D eigenvalue weighted by Crippen LogP contribution is -2.41. The van der Waals surface area contributed by atoms with Gasteiger partial charge in [-0.05, 0) is 29.7 Å². The molecule has 0 saturated heterocycles. The zero-order valence-corrected chi connectivity index (χ0v) is 13.3. The first-order valence-corrected chi connectivity index (χ1v) is 9.15. The van der Waals surface area contributed by atoms with Crippen molar-refractivity contribution in [2.45, 2.75) is 45.3 Å². The minimum Gasteiger partial charge on any atom is -0.482 e. The molecule has 2 nitrogen and oxygen atoms in total. The number of rotatable bonds is 6. The third-order valence-electron chi connectivity index (χ3n) is 2.88. The highest BCUT2D eigenvalue weighted by Gasteiger charge is 2.36. The second-order valence-electron chi connectivity index (χ2n) is 5.22. The number of hydrogen-bond acceptors (Lipinski definition) is 2. The summed E-state index contributed by atoms with van der Waals surface area (Å²) in [5, 5.41) is 0.482. The normalized spacial score (nSPS) is 14.1. The van der Waals surface area contributed by atoms with Gasteiger partial charge in [-0.25, -0.2) is 0 Å². The van der Waals surface area contributed by atoms with Crippen LogP contribution in [0.1, 0.15) is 27.2 Å². The first-order valence-electron chi connectivity index (χ1n) is 5.43. The van der Waals surface area contributed by atoms with Crippen LogP contribution in [0.25, 0.3) is 0 Å². The molecule has 0 unspecified atom stereocenters. The molecule has 16 heavy (non-hydrogen) atoms. The molecule has 0 atom stereocenters. The molecule has 0 fully saturated rings. The van der Waals surface area contributed by atoms with Crippen molar-refractivity contribution >= 4 is 31.5 Å². The van der Waals surface area contributed by atoms with Gasteiger partial charge in [0.1, 0.15) is 0 Å². The third kappa shape index (κ3) is 6.14. The van der Waals surface area contributed by atoms with Crippen LogP contribution in [0, 0.1) is 0 Å². The number of ether oxygens (including phenoxy) is 1. The quantitative estimate of drug-likeness (QED) is 0.400. The highest BCUT2D eigenvalue weighted by molar-refractivity contribution is 6.74. The van der Waals surface area contributed by atoms with Gasteiger partial charge in [-0.2, -0.15) is 0 Å². The Labute approximate surface area is 110 Å². The first kappa shape index (κ1) is 16.3. The molecule has 5 heteroatoms. The Balaban J connectivity index is 3.75. The van der Waals surface area contributed by atoms with Crippen molar-refractivity contribution in [1.29, 1.82) is 0 Å². The van der Waals surface area contributed by atoms with E-state index in [0.717, 1.165) is 6.42 Å². The van der Waals surface area contributed by atoms with Gasteiger partial charge in [0.25, 0.3) is 0 Å². The van der Waals surface area contributed by atoms with Crippen LogP contribution in [0.2, 0.25) is 18.1 Å². The van der Waals surface area contributed by atoms with E-state index in [1.807, 2.05) is 0 Å². The number of halogens is 2. The molecule has 0 heterocycles. The van der Waals surface area contributed by atoms with Crippen LogP contribution in [-0.2, 0) is 9.16 Å². The lowest BCUT2D eigenvalue weighted by atomic mass is 10.2. The molecule has 0 amide bonds. The van der Waals surface area contributed by atoms with Crippen LogP contribution in [0.5, 0.6) is 0 Å². The van der Waals surface area contributed by atoms with Gasteiger partial charge < -0.3 is 9.16 Å². The maximum Gasteiger partial charge on any atom is 0.198 e. The lowest BCUT2D eigenvalue weighted by molar-refractivity contribution is 0.193. The van der Waals surface area contributed by atoms with E-state index in [4.69, 9.17) is 32.4 Å². The minimum absolute atomic E-state index is 0.231. The molecule has 0 aliphatic heterocycles. The molecule has 0 aromatic rings. The predicted octanol–water partition coefficient (Wildman–Crippen LogP) is 4.69. The molecule has 0 aromatic carbocycles. The molecule has 0 N–H and O–H groups in total. The molecule has 0 saturated carbocycles. The van der Waals surface area contributed by atoms with E-state index in [9.17, 15) is 0 Å². The van der Waals surface area contributed by atoms with Crippen molar-refractivity contribution in [1.82, 2.24) is 0 Å². The summed E-state index contributed by atoms with van der Waals surface area (Å²) in [5.41, 5.74) is 1.22. The fraction of sp³-hybridized carbons (Fsp3) is 0.818. The molecule has 96 valence electrons. The Morgan fingerprint density at radius 3 is 2.25 bits per heavy atom. The van der Waals surface area contributed by atoms with E-state index in [2.05, 4.69) is 33.9 Å². The molecule has 0 bridgehead atoms. The van der Waals surface area contributed by atoms with Crippen LogP contribution in [0.4, 0.5) is 0 Å². The van der Waals surface area contributed by atoms with E-state index in [1.54, 1.807) is 0 Å². The topological polar surface area (TPSA) is 18.5 Å². The Morgan fingerprint density at radius 2 is 1.81 bits per heavy atom. The van der Waals surface area contributed by atoms with Crippen LogP contribution in [-0.4, -0.2) is 21.5 Å². The van der Waals surface area contributed by atoms with Gasteiger partial charge in [0.15, 0.2) is 13.5 Å². The molecule has 0 spiro atoms. The predicted molar refractivity (Wildman–Crippen MR) is 73.5 cm³/mol. The lowest BCUT2D eigenvalue weighted by Gasteiger charge is -2.36. The largest absolute Gasteiger partial charge is 0.482 e. The summed E-state index contributed by atoms with van der Waals surface area (Å²) < 4.78 is 11.1. The van der Waals surface area contributed by atoms with E-state index < -0.39 is 8.32 Å². The molecular formula is C11H22Cl2O2Si. The fourth-order valence-electron chi connectivity index (χ4n) is 0.804. The maximum absolute atomic E-state index is 5.97. The average molecular weight is 285 g/mol. The zero-order chi connectivity index (χ0) is 12.8. The third-order valence-corrected chi connectivity index (χ3v) is 7.95. The van der Waals surface area contributed by atoms with Gasteiger partial charge in [0, 0.05) is 13.0 Å². The van der Waals surface area contributed by atoms with E-state index >= 15 is 0 Å². The monoisotopic (exact) mass is 284 g/mol. The molecule has 0 aliphatic rings. The maximum atomic E-state index is 5.97. The molecule has 0 aliphatic carbocycles. The molecular weight excluding hydrogens is 263 g/mol. The van der Waals surface area contributed by atoms with Crippen molar-refractivity contribution < 1.29 is 9.16 Å². The minimum atomic E-state index is -1.62. The highest BCUT2D eigenvalue weighted by Crippen LogP contribution is 2.36. The summed E-state index contributed by atoms with van der Waals surface area (Å²) in [6.45, 7) is 12.4. The Bertz CT molecular complexity index is 235. The molecule has 0 rings (SSSR count). The van der Waals surface area contributed by atoms with Crippen molar-refractivity contribution in [3.63, 3.8) is 0 Å². The fourth-order valence-corrected chi connectivity index (χ4v) is 2.03. The van der Waals surface area contributed by atoms with Gasteiger partial charge in [-0.15, -0.1) is 0 Å². The van der Waals surface area contributed by atoms with Crippen molar-refractivity contribution in [3.8, 4) is 0 Å². The summed E-state index contributed by atoms with van der Waals surface area (Å²) in [4.78, 5) is 0. The van der Waals surface area contributed by atoms with Gasteiger partial charge in [-0.3, -0.25) is 0 Å². The van der Waals surface area contributed by atoms with E-state index in [0.29, 0.717) is 13.2 Å². The Morgan fingerprint density at radius 1 is 1.25 bits per heavy atom. The summed E-state index contributed by atoms with van der Waals surface area (Å²) in [6, 6.07) is 0. The van der Waals surface area contributed by atoms with Crippen LogP contribution < -0.4 is 0 Å². The number of hydrogen-bond donors (Lipinski definition) is 0. The van der Waals surface area contributed by atoms with Crippen LogP contribution in [0.15, 0.2) is 10.8 Å². The smallest absolute Gasteiger partial charge is 0.198 e. The highest BCUT2D eigenvalue weighted by atomic mass is 35.5. The van der Waals surface area contributed by atoms with Gasteiger partial charge >= 0.3 is 0 Å². The SMILES string of the molecule is CC(C)(C)[Si](C)(C)OCCCO/C(Cl)=C\Cl. The second kappa shape index (κ2) is 6.89. The van der Waals surface area contributed by atoms with Gasteiger partial charge in [0.05, 0.1) is 12.1 Å². The van der Waals surface area contributed by atoms with Crippen LogP contribution in [0.3, 0.4) is 0 Å². The van der Waals surface area contributed by atoms with Crippen molar-refractivity contribution in [2.75, 3.05) is 13.2 Å². The van der Waals surface area contributed by atoms with E-state index in [1.165, 1.54) is 5.54 Å². The zero-order valence-electron chi connectivity index (χ0n) is 10.8. The molecule has 0 aromatic heterocycles. The summed E-state index contributed by atoms with van der Waals surface area (Å²) in [6.07, 6.45) is 0.827. The Kier molecular flexibility index (Phi) is 7.02. The van der Waals surface area contributed by atoms with E-state index in [-0.39, 0.29) is 10.3 Å². The summed E-state index contributed by atoms with van der Waals surface area (Å²) in [7, 11) is -1.62. The van der Waals surface area contributed by atoms with Gasteiger partial charge in [0.2, 0.25) is 0 Å². The standard InChI is InChI=1S/C11H22Cl2O2Si/c1-11(2,3)16(4,5)15-8-6-7-14-10(13)9-12/h9H,6-8H2,1-5H3/b10-9-. The summed E-state index contributed by atoms with van der Waals surface area (Å²) >= 11 is 10.9. The van der Waals surface area contributed by atoms with Crippen LogP contribution >= 0.6 is 23.2 Å². The Hall–Kier alpha value is 0.297. The van der Waals surface area contributed by atoms with Crippen molar-refractivity contribution in [3.05, 3.63) is 10.8 Å². The molecule has 0 radical (unpaired) electrons. The first-order chi connectivity index (χ1) is 7.20. The average Bonchev–Trinajstić information content (AvgIpc) is 2.15. The van der Waals surface area contributed by atoms with Crippen molar-refractivity contribution in [2.24, 2.45) is 0 Å².